The minimum Gasteiger partial charge on any atom is -1.00 e. The highest BCUT2D eigenvalue weighted by molar-refractivity contribution is 9.09. The number of aryl methyl sites for hydroxylation is 3. The second kappa shape index (κ2) is 33.4. The van der Waals surface area contributed by atoms with Crippen LogP contribution in [0.2, 0.25) is 41.2 Å². The summed E-state index contributed by atoms with van der Waals surface area (Å²) in [4.78, 5) is 9.97. The summed E-state index contributed by atoms with van der Waals surface area (Å²) in [6.07, 6.45) is 6.97. The van der Waals surface area contributed by atoms with Gasteiger partial charge in [-0.2, -0.15) is 0 Å². The lowest BCUT2D eigenvalue weighted by Gasteiger charge is -2.02. The van der Waals surface area contributed by atoms with Gasteiger partial charge in [-0.05, 0) is 128 Å². The van der Waals surface area contributed by atoms with E-state index in [2.05, 4.69) is 174 Å². The Bertz CT molecular complexity index is 3100. The minimum atomic E-state index is 0. The second-order valence-electron chi connectivity index (χ2n) is 15.3. The molecule has 4 aromatic heterocycles. The second-order valence-corrected chi connectivity index (χ2v) is 19.9. The van der Waals surface area contributed by atoms with Gasteiger partial charge in [0.05, 0.1) is 25.7 Å². The summed E-state index contributed by atoms with van der Waals surface area (Å²) in [5.41, 5.74) is 3.75. The van der Waals surface area contributed by atoms with Crippen LogP contribution in [0.4, 0.5) is 0 Å². The van der Waals surface area contributed by atoms with Crippen LogP contribution in [-0.2, 0) is 38.1 Å². The van der Waals surface area contributed by atoms with Gasteiger partial charge in [-0.3, -0.25) is 0 Å². The fraction of sp³-hybridized carbons (Fsp3) is 0.208. The molecule has 1 N–H and O–H groups in total. The van der Waals surface area contributed by atoms with Crippen molar-refractivity contribution in [3.63, 3.8) is 0 Å². The van der Waals surface area contributed by atoms with E-state index < -0.39 is 0 Å². The summed E-state index contributed by atoms with van der Waals surface area (Å²) >= 11 is 53.4. The Morgan fingerprint density at radius 1 is 0.466 bits per heavy atom. The zero-order valence-electron chi connectivity index (χ0n) is 40.0. The van der Waals surface area contributed by atoms with Gasteiger partial charge in [0.15, 0.2) is 10.3 Å². The molecule has 0 saturated heterocycles. The maximum Gasteiger partial charge on any atom is 0.255 e. The number of H-pyrrole nitrogens is 1. The minimum absolute atomic E-state index is 0. The highest BCUT2D eigenvalue weighted by Crippen LogP contribution is 2.23. The molecule has 0 atom stereocenters. The Kier molecular flexibility index (Phi) is 29.5. The van der Waals surface area contributed by atoms with Crippen molar-refractivity contribution in [1.29, 1.82) is 0 Å². The molecule has 20 heteroatoms. The molecule has 0 fully saturated rings. The van der Waals surface area contributed by atoms with Crippen molar-refractivity contribution in [3.05, 3.63) is 211 Å². The van der Waals surface area contributed by atoms with Crippen molar-refractivity contribution in [3.8, 4) is 0 Å². The summed E-state index contributed by atoms with van der Waals surface area (Å²) in [5, 5.41) is 13.5. The SMILES string of the molecule is BrCc1ccc2ccccc2c1.CCBr.CCn1c[n+](Cc2ccc3ccccc3c2)c(Cl)c1Cl.CCn1c[n+](Cc2ccc3ccccc3c2)c(Cl)c1Cl.CCn1cnc(Cl)c1Cl.Clc1nc[nH]c1Cl.[Br-].[Br-]. The summed E-state index contributed by atoms with van der Waals surface area (Å²) in [6, 6.07) is 44.5. The lowest BCUT2D eigenvalue weighted by molar-refractivity contribution is -0.685. The normalized spacial score (nSPS) is 10.2. The summed E-state index contributed by atoms with van der Waals surface area (Å²) in [6.45, 7) is 12.0. The first kappa shape index (κ1) is 64.5. The first-order valence-corrected chi connectivity index (χ1v) is 27.6. The number of nitrogens with one attached hydrogen (secondary N) is 1. The van der Waals surface area contributed by atoms with Crippen LogP contribution < -0.4 is 43.1 Å². The Morgan fingerprint density at radius 3 is 1.11 bits per heavy atom. The quantitative estimate of drug-likeness (QED) is 0.122. The fourth-order valence-corrected chi connectivity index (χ4v) is 8.77. The van der Waals surface area contributed by atoms with Crippen LogP contribution >= 0.6 is 125 Å². The topological polar surface area (TPSA) is 64.1 Å². The van der Waals surface area contributed by atoms with E-state index in [1.807, 2.05) is 58.6 Å². The van der Waals surface area contributed by atoms with Gasteiger partial charge in [-0.15, -0.1) is 0 Å². The highest BCUT2D eigenvalue weighted by Gasteiger charge is 2.20. The molecule has 10 aromatic rings. The van der Waals surface area contributed by atoms with Gasteiger partial charge in [-0.25, -0.2) is 28.2 Å². The van der Waals surface area contributed by atoms with E-state index in [9.17, 15) is 0 Å². The average molecular weight is 1400 g/mol. The van der Waals surface area contributed by atoms with Crippen LogP contribution in [-0.4, -0.2) is 34.0 Å². The van der Waals surface area contributed by atoms with Crippen LogP contribution in [0.5, 0.6) is 0 Å². The molecule has 0 bridgehead atoms. The van der Waals surface area contributed by atoms with E-state index in [0.29, 0.717) is 41.2 Å². The molecule has 6 aromatic carbocycles. The van der Waals surface area contributed by atoms with E-state index in [-0.39, 0.29) is 34.0 Å². The van der Waals surface area contributed by atoms with Crippen molar-refractivity contribution in [2.45, 2.75) is 65.7 Å². The van der Waals surface area contributed by atoms with Crippen molar-refractivity contribution in [2.24, 2.45) is 0 Å². The van der Waals surface area contributed by atoms with Gasteiger partial charge in [0.25, 0.3) is 20.6 Å². The predicted octanol–water partition coefficient (Wildman–Crippen LogP) is 11.7. The molecule has 73 heavy (non-hydrogen) atoms. The van der Waals surface area contributed by atoms with Crippen molar-refractivity contribution < 1.29 is 43.1 Å². The number of alkyl halides is 2. The van der Waals surface area contributed by atoms with Gasteiger partial charge in [0.1, 0.15) is 23.4 Å². The third kappa shape index (κ3) is 19.0. The molecular formula is C53H52Br4Cl8N8. The Hall–Kier alpha value is -2.82. The predicted molar refractivity (Wildman–Crippen MR) is 309 cm³/mol. The lowest BCUT2D eigenvalue weighted by Crippen LogP contribution is -3.00. The Balaban J connectivity index is 0.000000247. The molecule has 0 radical (unpaired) electrons. The van der Waals surface area contributed by atoms with Crippen LogP contribution in [0.1, 0.15) is 44.4 Å². The number of hydrogen-bond donors (Lipinski definition) is 1. The monoisotopic (exact) mass is 1400 g/mol. The number of nitrogens with zero attached hydrogens (tertiary/aromatic N) is 7. The zero-order valence-corrected chi connectivity index (χ0v) is 52.4. The largest absolute Gasteiger partial charge is 1.00 e. The number of fused-ring (bicyclic) bond motifs is 3. The maximum absolute atomic E-state index is 6.27. The van der Waals surface area contributed by atoms with Gasteiger partial charge in [-0.1, -0.05) is 200 Å². The van der Waals surface area contributed by atoms with Crippen LogP contribution in [0.25, 0.3) is 32.3 Å². The van der Waals surface area contributed by atoms with E-state index in [1.165, 1.54) is 55.3 Å². The Labute approximate surface area is 505 Å². The smallest absolute Gasteiger partial charge is 0.255 e. The Morgan fingerprint density at radius 2 is 0.836 bits per heavy atom. The standard InChI is InChI=1S/2C16H15Cl2N2.C11H9Br.C5H6Cl2N2.C3H2Cl2N2.C2H5Br.2BrH/c2*1-2-19-11-20(16(18)15(19)17)10-12-7-8-13-5-3-4-6-14(13)9-12;12-8-9-5-6-10-3-1-2-4-11(10)7-9;1-2-9-3-8-4(6)5(9)7;4-2-3(5)7-1-6-2;1-2-3;;/h2*3-9,11H,2,10H2,1H3;1-7H,8H2;3H,2H2,1H3;1H,(H,6,7);2H2,1H3;2*1H/q2*+1;;;;;;/p-2. The van der Waals surface area contributed by atoms with Gasteiger partial charge >= 0.3 is 0 Å². The molecule has 8 nitrogen and oxygen atoms in total. The summed E-state index contributed by atoms with van der Waals surface area (Å²) in [5.74, 6) is 0. The molecule has 0 unspecified atom stereocenters. The zero-order chi connectivity index (χ0) is 51.5. The molecule has 10 rings (SSSR count). The van der Waals surface area contributed by atoms with Crippen molar-refractivity contribution >= 4 is 157 Å². The molecule has 388 valence electrons. The average Bonchev–Trinajstić information content (AvgIpc) is 4.11. The van der Waals surface area contributed by atoms with E-state index in [1.54, 1.807) is 10.9 Å². The summed E-state index contributed by atoms with van der Waals surface area (Å²) in [7, 11) is 0. The van der Waals surface area contributed by atoms with Gasteiger partial charge in [0.2, 0.25) is 12.7 Å². The number of halogens is 12. The number of rotatable bonds is 8. The van der Waals surface area contributed by atoms with Crippen molar-refractivity contribution in [2.75, 3.05) is 5.33 Å². The first-order chi connectivity index (χ1) is 34.2. The molecule has 0 saturated carbocycles. The molecule has 4 heterocycles. The van der Waals surface area contributed by atoms with E-state index in [4.69, 9.17) is 92.8 Å². The van der Waals surface area contributed by atoms with Gasteiger partial charge < -0.3 is 43.5 Å². The summed E-state index contributed by atoms with van der Waals surface area (Å²) < 4.78 is 9.58. The number of imidazole rings is 4. The van der Waals surface area contributed by atoms with E-state index >= 15 is 0 Å². The van der Waals surface area contributed by atoms with Crippen LogP contribution in [0.15, 0.2) is 153 Å². The maximum atomic E-state index is 6.27. The molecule has 0 amide bonds. The third-order valence-electron chi connectivity index (χ3n) is 10.5. The van der Waals surface area contributed by atoms with Crippen molar-refractivity contribution in [1.82, 2.24) is 28.7 Å². The molecule has 0 spiro atoms. The van der Waals surface area contributed by atoms with Crippen LogP contribution in [0, 0.1) is 0 Å². The third-order valence-corrected chi connectivity index (χ3v) is 14.4. The molecule has 0 aliphatic rings. The van der Waals surface area contributed by atoms with Crippen LogP contribution in [0.3, 0.4) is 0 Å². The molecule has 0 aliphatic carbocycles. The number of aromatic nitrogens is 8. The first-order valence-electron chi connectivity index (χ1n) is 22.4. The highest BCUT2D eigenvalue weighted by atomic mass is 79.9. The lowest BCUT2D eigenvalue weighted by atomic mass is 10.1. The number of hydrogen-bond acceptors (Lipinski definition) is 2. The number of benzene rings is 6. The molecular weight excluding hydrogens is 1350 g/mol. The van der Waals surface area contributed by atoms with E-state index in [0.717, 1.165) is 43.4 Å². The fourth-order valence-electron chi connectivity index (χ4n) is 6.89. The number of aromatic amines is 1. The molecule has 0 aliphatic heterocycles. The van der Waals surface area contributed by atoms with Gasteiger partial charge in [0, 0.05) is 17.2 Å².